The normalized spacial score (nSPS) is 15.4. The van der Waals surface area contributed by atoms with E-state index in [4.69, 9.17) is 0 Å². The minimum atomic E-state index is 0.206. The van der Waals surface area contributed by atoms with Gasteiger partial charge < -0.3 is 9.80 Å². The van der Waals surface area contributed by atoms with Gasteiger partial charge in [-0.2, -0.15) is 0 Å². The summed E-state index contributed by atoms with van der Waals surface area (Å²) in [6, 6.07) is 8.54. The van der Waals surface area contributed by atoms with Gasteiger partial charge in [-0.25, -0.2) is 0 Å². The first-order valence-electron chi connectivity index (χ1n) is 9.63. The highest BCUT2D eigenvalue weighted by Gasteiger charge is 2.22. The lowest BCUT2D eigenvalue weighted by atomic mass is 10.1. The van der Waals surface area contributed by atoms with Crippen LogP contribution in [0.25, 0.3) is 0 Å². The van der Waals surface area contributed by atoms with Crippen molar-refractivity contribution in [1.82, 2.24) is 9.80 Å². The van der Waals surface area contributed by atoms with Crippen molar-refractivity contribution >= 4 is 11.8 Å². The Bertz CT molecular complexity index is 566. The number of benzene rings is 1. The predicted octanol–water partition coefficient (Wildman–Crippen LogP) is 3.29. The summed E-state index contributed by atoms with van der Waals surface area (Å²) in [6.07, 6.45) is 3.85. The molecule has 1 fully saturated rings. The third kappa shape index (κ3) is 6.18. The van der Waals surface area contributed by atoms with Gasteiger partial charge in [0.25, 0.3) is 0 Å². The quantitative estimate of drug-likeness (QED) is 0.794. The van der Waals surface area contributed by atoms with E-state index in [9.17, 15) is 9.59 Å². The molecule has 1 saturated heterocycles. The first-order chi connectivity index (χ1) is 12.0. The number of hydrogen-bond acceptors (Lipinski definition) is 2. The molecule has 0 unspecified atom stereocenters. The Morgan fingerprint density at radius 2 is 1.48 bits per heavy atom. The van der Waals surface area contributed by atoms with Gasteiger partial charge in [0.2, 0.25) is 11.8 Å². The van der Waals surface area contributed by atoms with Gasteiger partial charge in [0, 0.05) is 39.0 Å². The molecule has 4 nitrogen and oxygen atoms in total. The monoisotopic (exact) mass is 344 g/mol. The molecule has 0 atom stereocenters. The van der Waals surface area contributed by atoms with E-state index in [0.29, 0.717) is 31.8 Å². The van der Waals surface area contributed by atoms with E-state index >= 15 is 0 Å². The summed E-state index contributed by atoms with van der Waals surface area (Å²) < 4.78 is 0. The molecule has 0 aromatic heterocycles. The van der Waals surface area contributed by atoms with Crippen LogP contribution in [0.1, 0.15) is 51.2 Å². The fourth-order valence-corrected chi connectivity index (χ4v) is 3.25. The van der Waals surface area contributed by atoms with Crippen LogP contribution in [0.15, 0.2) is 24.3 Å². The van der Waals surface area contributed by atoms with Crippen LogP contribution in [0, 0.1) is 5.92 Å². The van der Waals surface area contributed by atoms with Gasteiger partial charge >= 0.3 is 0 Å². The number of carbonyl (C=O) groups is 2. The number of nitrogens with zero attached hydrogens (tertiary/aromatic N) is 2. The van der Waals surface area contributed by atoms with E-state index in [2.05, 4.69) is 45.0 Å². The number of aryl methyl sites for hydroxylation is 2. The van der Waals surface area contributed by atoms with Crippen LogP contribution in [0.5, 0.6) is 0 Å². The van der Waals surface area contributed by atoms with Crippen molar-refractivity contribution in [2.24, 2.45) is 5.92 Å². The summed E-state index contributed by atoms with van der Waals surface area (Å²) in [5, 5.41) is 0. The van der Waals surface area contributed by atoms with E-state index in [1.165, 1.54) is 11.1 Å². The molecule has 0 spiro atoms. The number of carbonyl (C=O) groups excluding carboxylic acids is 2. The second kappa shape index (κ2) is 9.59. The molecule has 1 aromatic rings. The fraction of sp³-hybridized carbons (Fsp3) is 0.619. The molecule has 1 aromatic carbocycles. The Balaban J connectivity index is 1.80. The largest absolute Gasteiger partial charge is 0.341 e. The minimum absolute atomic E-state index is 0.206. The number of hydrogen-bond donors (Lipinski definition) is 0. The molecule has 4 heteroatoms. The Morgan fingerprint density at radius 3 is 2.04 bits per heavy atom. The average molecular weight is 344 g/mol. The molecule has 0 radical (unpaired) electrons. The second-order valence-corrected chi connectivity index (χ2v) is 7.38. The van der Waals surface area contributed by atoms with Crippen LogP contribution < -0.4 is 0 Å². The Labute approximate surface area is 152 Å². The van der Waals surface area contributed by atoms with Gasteiger partial charge in [0.15, 0.2) is 0 Å². The van der Waals surface area contributed by atoms with Crippen molar-refractivity contribution in [3.8, 4) is 0 Å². The molecule has 138 valence electrons. The predicted molar refractivity (Wildman–Crippen MR) is 101 cm³/mol. The van der Waals surface area contributed by atoms with Crippen LogP contribution in [-0.4, -0.2) is 47.8 Å². The summed E-state index contributed by atoms with van der Waals surface area (Å²) in [7, 11) is 0. The third-order valence-corrected chi connectivity index (χ3v) is 4.84. The molecule has 1 aliphatic heterocycles. The van der Waals surface area contributed by atoms with E-state index in [-0.39, 0.29) is 11.8 Å². The summed E-state index contributed by atoms with van der Waals surface area (Å²) in [6.45, 7) is 9.15. The van der Waals surface area contributed by atoms with Crippen LogP contribution in [0.3, 0.4) is 0 Å². The first-order valence-corrected chi connectivity index (χ1v) is 9.63. The molecule has 1 aliphatic rings. The number of rotatable bonds is 6. The van der Waals surface area contributed by atoms with E-state index in [1.807, 2.05) is 9.80 Å². The molecule has 1 heterocycles. The lowest BCUT2D eigenvalue weighted by Crippen LogP contribution is -2.37. The van der Waals surface area contributed by atoms with E-state index in [0.717, 1.165) is 32.4 Å². The van der Waals surface area contributed by atoms with Gasteiger partial charge in [0.05, 0.1) is 0 Å². The lowest BCUT2D eigenvalue weighted by molar-refractivity contribution is -0.134. The minimum Gasteiger partial charge on any atom is -0.341 e. The molecule has 0 saturated carbocycles. The van der Waals surface area contributed by atoms with Crippen molar-refractivity contribution in [3.05, 3.63) is 35.4 Å². The first kappa shape index (κ1) is 19.5. The molecule has 2 rings (SSSR count). The summed E-state index contributed by atoms with van der Waals surface area (Å²) >= 11 is 0. The zero-order chi connectivity index (χ0) is 18.2. The molecule has 25 heavy (non-hydrogen) atoms. The Kier molecular flexibility index (Phi) is 7.48. The molecule has 0 bridgehead atoms. The van der Waals surface area contributed by atoms with Gasteiger partial charge in [-0.3, -0.25) is 9.59 Å². The van der Waals surface area contributed by atoms with Crippen molar-refractivity contribution < 1.29 is 9.59 Å². The standard InChI is InChI=1S/C21H32N2O2/c1-4-18-6-8-19(9-7-18)10-11-20(24)22-12-5-13-23(15-14-22)21(25)16-17(2)3/h6-9,17H,4-5,10-16H2,1-3H3. The lowest BCUT2D eigenvalue weighted by Gasteiger charge is -2.23. The molecule has 2 amide bonds. The van der Waals surface area contributed by atoms with Crippen molar-refractivity contribution in [3.63, 3.8) is 0 Å². The molecular formula is C21H32N2O2. The fourth-order valence-electron chi connectivity index (χ4n) is 3.25. The van der Waals surface area contributed by atoms with Crippen LogP contribution in [0.4, 0.5) is 0 Å². The van der Waals surface area contributed by atoms with Gasteiger partial charge in [-0.05, 0) is 36.3 Å². The highest BCUT2D eigenvalue weighted by molar-refractivity contribution is 5.78. The zero-order valence-corrected chi connectivity index (χ0v) is 16.0. The average Bonchev–Trinajstić information content (AvgIpc) is 2.86. The summed E-state index contributed by atoms with van der Waals surface area (Å²) in [4.78, 5) is 28.6. The second-order valence-electron chi connectivity index (χ2n) is 7.38. The van der Waals surface area contributed by atoms with E-state index in [1.54, 1.807) is 0 Å². The zero-order valence-electron chi connectivity index (χ0n) is 16.0. The third-order valence-electron chi connectivity index (χ3n) is 4.84. The maximum absolute atomic E-state index is 12.5. The van der Waals surface area contributed by atoms with Gasteiger partial charge in [0.1, 0.15) is 0 Å². The molecule has 0 N–H and O–H groups in total. The summed E-state index contributed by atoms with van der Waals surface area (Å²) in [5.41, 5.74) is 2.54. The van der Waals surface area contributed by atoms with Gasteiger partial charge in [-0.1, -0.05) is 45.0 Å². The van der Waals surface area contributed by atoms with E-state index < -0.39 is 0 Å². The van der Waals surface area contributed by atoms with Crippen molar-refractivity contribution in [2.75, 3.05) is 26.2 Å². The van der Waals surface area contributed by atoms with Crippen molar-refractivity contribution in [2.45, 2.75) is 52.9 Å². The Hall–Kier alpha value is -1.84. The SMILES string of the molecule is CCc1ccc(CCC(=O)N2CCCN(C(=O)CC(C)C)CC2)cc1. The Morgan fingerprint density at radius 1 is 0.920 bits per heavy atom. The highest BCUT2D eigenvalue weighted by atomic mass is 16.2. The van der Waals surface area contributed by atoms with Crippen LogP contribution in [-0.2, 0) is 22.4 Å². The van der Waals surface area contributed by atoms with Crippen molar-refractivity contribution in [1.29, 1.82) is 0 Å². The maximum Gasteiger partial charge on any atom is 0.222 e. The smallest absolute Gasteiger partial charge is 0.222 e. The maximum atomic E-state index is 12.5. The van der Waals surface area contributed by atoms with Crippen LogP contribution >= 0.6 is 0 Å². The van der Waals surface area contributed by atoms with Crippen LogP contribution in [0.2, 0.25) is 0 Å². The molecular weight excluding hydrogens is 312 g/mol. The van der Waals surface area contributed by atoms with Gasteiger partial charge in [-0.15, -0.1) is 0 Å². The summed E-state index contributed by atoms with van der Waals surface area (Å²) in [5.74, 6) is 0.811. The number of amides is 2. The topological polar surface area (TPSA) is 40.6 Å². The molecule has 0 aliphatic carbocycles. The highest BCUT2D eigenvalue weighted by Crippen LogP contribution is 2.12.